The summed E-state index contributed by atoms with van der Waals surface area (Å²) in [4.78, 5) is 4.13. The van der Waals surface area contributed by atoms with Crippen molar-refractivity contribution < 1.29 is 0 Å². The van der Waals surface area contributed by atoms with Crippen LogP contribution in [0.3, 0.4) is 0 Å². The maximum absolute atomic E-state index is 5.80. The van der Waals surface area contributed by atoms with Gasteiger partial charge in [0.2, 0.25) is 0 Å². The normalized spacial score (nSPS) is 10.1. The third kappa shape index (κ3) is 2.76. The van der Waals surface area contributed by atoms with E-state index >= 15 is 0 Å². The highest BCUT2D eigenvalue weighted by Crippen LogP contribution is 2.23. The van der Waals surface area contributed by atoms with Crippen molar-refractivity contribution in [3.63, 3.8) is 0 Å². The van der Waals surface area contributed by atoms with E-state index in [9.17, 15) is 0 Å². The molecule has 2 aromatic rings. The van der Waals surface area contributed by atoms with Gasteiger partial charge in [-0.3, -0.25) is 0 Å². The molecule has 0 aliphatic rings. The summed E-state index contributed by atoms with van der Waals surface area (Å²) in [5.41, 5.74) is 7.28. The first kappa shape index (κ1) is 11.5. The predicted molar refractivity (Wildman–Crippen MR) is 76.1 cm³/mol. The lowest BCUT2D eigenvalue weighted by Gasteiger charge is -2.08. The molecular weight excluding hydrogens is 336 g/mol. The zero-order chi connectivity index (χ0) is 11.5. The van der Waals surface area contributed by atoms with Gasteiger partial charge in [-0.05, 0) is 46.9 Å². The smallest absolute Gasteiger partial charge is 0.153 e. The summed E-state index contributed by atoms with van der Waals surface area (Å²) in [7, 11) is 0. The van der Waals surface area contributed by atoms with Crippen LogP contribution in [0.5, 0.6) is 0 Å². The lowest BCUT2D eigenvalue weighted by molar-refractivity contribution is 1.31. The second-order valence-corrected chi connectivity index (χ2v) is 4.91. The van der Waals surface area contributed by atoms with Gasteiger partial charge in [-0.1, -0.05) is 17.7 Å². The van der Waals surface area contributed by atoms with E-state index in [1.54, 1.807) is 12.3 Å². The first-order valence-electron chi connectivity index (χ1n) is 4.59. The molecule has 0 atom stereocenters. The molecule has 1 heterocycles. The molecular formula is C11H9ClIN3. The summed E-state index contributed by atoms with van der Waals surface area (Å²) in [5.74, 6) is 0.617. The van der Waals surface area contributed by atoms with Crippen LogP contribution in [0.2, 0.25) is 5.02 Å². The van der Waals surface area contributed by atoms with E-state index in [0.29, 0.717) is 16.5 Å². The monoisotopic (exact) mass is 345 g/mol. The number of pyridine rings is 1. The van der Waals surface area contributed by atoms with Crippen molar-refractivity contribution in [2.45, 2.75) is 0 Å². The van der Waals surface area contributed by atoms with Crippen LogP contribution in [0.15, 0.2) is 36.5 Å². The van der Waals surface area contributed by atoms with E-state index in [2.05, 4.69) is 32.9 Å². The molecule has 0 spiro atoms. The lowest BCUT2D eigenvalue weighted by atomic mass is 10.3. The fourth-order valence-electron chi connectivity index (χ4n) is 1.26. The van der Waals surface area contributed by atoms with Crippen LogP contribution in [0.4, 0.5) is 17.2 Å². The number of rotatable bonds is 2. The highest BCUT2D eigenvalue weighted by Gasteiger charge is 2.02. The van der Waals surface area contributed by atoms with Gasteiger partial charge in [-0.2, -0.15) is 0 Å². The standard InChI is InChI=1S/C11H9ClIN3/c12-7-4-10(14)11(15-6-7)16-9-3-1-2-8(13)5-9/h1-6H,14H2,(H,15,16). The van der Waals surface area contributed by atoms with Crippen molar-refractivity contribution in [3.05, 3.63) is 45.1 Å². The first-order chi connectivity index (χ1) is 7.65. The van der Waals surface area contributed by atoms with Crippen LogP contribution in [0.1, 0.15) is 0 Å². The Morgan fingerprint density at radius 3 is 2.81 bits per heavy atom. The second kappa shape index (κ2) is 4.88. The van der Waals surface area contributed by atoms with Gasteiger partial charge in [0.25, 0.3) is 0 Å². The Kier molecular flexibility index (Phi) is 3.50. The Hall–Kier alpha value is -1.01. The van der Waals surface area contributed by atoms with Crippen molar-refractivity contribution in [2.75, 3.05) is 11.1 Å². The third-order valence-corrected chi connectivity index (χ3v) is 2.85. The van der Waals surface area contributed by atoms with Gasteiger partial charge in [-0.25, -0.2) is 4.98 Å². The first-order valence-corrected chi connectivity index (χ1v) is 6.04. The average molecular weight is 346 g/mol. The highest BCUT2D eigenvalue weighted by atomic mass is 127. The van der Waals surface area contributed by atoms with Crippen molar-refractivity contribution in [1.29, 1.82) is 0 Å². The summed E-state index contributed by atoms with van der Waals surface area (Å²) < 4.78 is 1.15. The SMILES string of the molecule is Nc1cc(Cl)cnc1Nc1cccc(I)c1. The number of nitrogen functional groups attached to an aromatic ring is 1. The van der Waals surface area contributed by atoms with Crippen molar-refractivity contribution in [2.24, 2.45) is 0 Å². The van der Waals surface area contributed by atoms with E-state index in [4.69, 9.17) is 17.3 Å². The molecule has 2 rings (SSSR count). The number of nitrogens with zero attached hydrogens (tertiary/aromatic N) is 1. The Morgan fingerprint density at radius 1 is 1.31 bits per heavy atom. The van der Waals surface area contributed by atoms with Gasteiger partial charge < -0.3 is 11.1 Å². The number of nitrogens with two attached hydrogens (primary N) is 1. The van der Waals surface area contributed by atoms with Crippen LogP contribution in [0.25, 0.3) is 0 Å². The van der Waals surface area contributed by atoms with Crippen LogP contribution >= 0.6 is 34.2 Å². The molecule has 16 heavy (non-hydrogen) atoms. The molecule has 0 saturated carbocycles. The summed E-state index contributed by atoms with van der Waals surface area (Å²) in [6, 6.07) is 9.62. The van der Waals surface area contributed by atoms with Crippen LogP contribution in [0, 0.1) is 3.57 Å². The average Bonchev–Trinajstić information content (AvgIpc) is 2.22. The third-order valence-electron chi connectivity index (χ3n) is 1.97. The van der Waals surface area contributed by atoms with Crippen LogP contribution < -0.4 is 11.1 Å². The fraction of sp³-hybridized carbons (Fsp3) is 0. The van der Waals surface area contributed by atoms with Gasteiger partial charge in [0.1, 0.15) is 0 Å². The molecule has 0 radical (unpaired) electrons. The Morgan fingerprint density at radius 2 is 2.12 bits per heavy atom. The van der Waals surface area contributed by atoms with Gasteiger partial charge >= 0.3 is 0 Å². The van der Waals surface area contributed by atoms with Gasteiger partial charge in [-0.15, -0.1) is 0 Å². The van der Waals surface area contributed by atoms with Crippen molar-refractivity contribution in [3.8, 4) is 0 Å². The maximum Gasteiger partial charge on any atom is 0.153 e. The number of hydrogen-bond acceptors (Lipinski definition) is 3. The number of benzene rings is 1. The number of halogens is 2. The minimum Gasteiger partial charge on any atom is -0.396 e. The molecule has 0 saturated heterocycles. The zero-order valence-corrected chi connectivity index (χ0v) is 11.2. The Bertz CT molecular complexity index is 516. The Labute approximate surface area is 112 Å². The zero-order valence-electron chi connectivity index (χ0n) is 8.24. The molecule has 82 valence electrons. The summed E-state index contributed by atoms with van der Waals surface area (Å²) in [6.07, 6.45) is 1.56. The molecule has 0 fully saturated rings. The molecule has 5 heteroatoms. The van der Waals surface area contributed by atoms with Crippen LogP contribution in [-0.2, 0) is 0 Å². The summed E-state index contributed by atoms with van der Waals surface area (Å²) in [5, 5.41) is 3.67. The molecule has 1 aromatic carbocycles. The van der Waals surface area contributed by atoms with Gasteiger partial charge in [0.15, 0.2) is 5.82 Å². The molecule has 0 aliphatic heterocycles. The number of nitrogens with one attached hydrogen (secondary N) is 1. The molecule has 0 amide bonds. The van der Waals surface area contributed by atoms with E-state index in [1.807, 2.05) is 24.3 Å². The van der Waals surface area contributed by atoms with E-state index in [1.165, 1.54) is 0 Å². The lowest BCUT2D eigenvalue weighted by Crippen LogP contribution is -1.98. The van der Waals surface area contributed by atoms with Crippen molar-refractivity contribution >= 4 is 51.4 Å². The maximum atomic E-state index is 5.80. The van der Waals surface area contributed by atoms with Crippen LogP contribution in [-0.4, -0.2) is 4.98 Å². The molecule has 1 aromatic heterocycles. The number of hydrogen-bond donors (Lipinski definition) is 2. The minimum absolute atomic E-state index is 0.533. The molecule has 0 aliphatic carbocycles. The topological polar surface area (TPSA) is 50.9 Å². The summed E-state index contributed by atoms with van der Waals surface area (Å²) >= 11 is 8.02. The molecule has 0 bridgehead atoms. The minimum atomic E-state index is 0.533. The van der Waals surface area contributed by atoms with E-state index in [-0.39, 0.29) is 0 Å². The molecule has 0 unspecified atom stereocenters. The second-order valence-electron chi connectivity index (χ2n) is 3.23. The largest absolute Gasteiger partial charge is 0.396 e. The van der Waals surface area contributed by atoms with Gasteiger partial charge in [0, 0.05) is 15.5 Å². The predicted octanol–water partition coefficient (Wildman–Crippen LogP) is 3.67. The molecule has 3 N–H and O–H groups in total. The Balaban J connectivity index is 2.27. The quantitative estimate of drug-likeness (QED) is 0.817. The molecule has 3 nitrogen and oxygen atoms in total. The highest BCUT2D eigenvalue weighted by molar-refractivity contribution is 14.1. The van der Waals surface area contributed by atoms with Crippen molar-refractivity contribution in [1.82, 2.24) is 4.98 Å². The van der Waals surface area contributed by atoms with Gasteiger partial charge in [0.05, 0.1) is 10.7 Å². The number of aromatic nitrogens is 1. The fourth-order valence-corrected chi connectivity index (χ4v) is 1.97. The van der Waals surface area contributed by atoms with E-state index in [0.717, 1.165) is 9.26 Å². The summed E-state index contributed by atoms with van der Waals surface area (Å²) in [6.45, 7) is 0. The van der Waals surface area contributed by atoms with E-state index < -0.39 is 0 Å². The number of anilines is 3.